The summed E-state index contributed by atoms with van der Waals surface area (Å²) in [5, 5.41) is 4.14. The maximum absolute atomic E-state index is 11.3. The van der Waals surface area contributed by atoms with Crippen LogP contribution in [0.3, 0.4) is 0 Å². The van der Waals surface area contributed by atoms with Crippen molar-refractivity contribution in [3.63, 3.8) is 0 Å². The zero-order valence-electron chi connectivity index (χ0n) is 10.9. The summed E-state index contributed by atoms with van der Waals surface area (Å²) in [5.41, 5.74) is 15.3. The van der Waals surface area contributed by atoms with Crippen LogP contribution in [0.1, 0.15) is 16.1 Å². The molecule has 0 saturated heterocycles. The number of anilines is 1. The van der Waals surface area contributed by atoms with Crippen LogP contribution in [0.5, 0.6) is 0 Å². The summed E-state index contributed by atoms with van der Waals surface area (Å²) in [6, 6.07) is 5.77. The molecule has 3 aromatic heterocycles. The van der Waals surface area contributed by atoms with Crippen LogP contribution in [0.15, 0.2) is 36.8 Å². The molecule has 0 aliphatic carbocycles. The van der Waals surface area contributed by atoms with Gasteiger partial charge in [-0.15, -0.1) is 0 Å². The zero-order valence-corrected chi connectivity index (χ0v) is 10.9. The Labute approximate surface area is 115 Å². The zero-order chi connectivity index (χ0) is 14.3. The largest absolute Gasteiger partial charge is 0.396 e. The maximum Gasteiger partial charge on any atom is 0.252 e. The van der Waals surface area contributed by atoms with E-state index in [2.05, 4.69) is 10.1 Å². The predicted molar refractivity (Wildman–Crippen MR) is 76.1 cm³/mol. The lowest BCUT2D eigenvalue weighted by molar-refractivity contribution is 0.100. The molecular formula is C14H13N5O. The van der Waals surface area contributed by atoms with Crippen molar-refractivity contribution < 1.29 is 4.79 Å². The van der Waals surface area contributed by atoms with Crippen LogP contribution in [-0.4, -0.2) is 20.5 Å². The standard InChI is InChI=1S/C14H13N5O/c1-8-2-3-9(5-17-8)10-4-12-13(15)11(14(16)20)6-18-19(12)7-10/h2-7H,15H2,1H3,(H2,16,20). The summed E-state index contributed by atoms with van der Waals surface area (Å²) < 4.78 is 1.62. The number of carbonyl (C=O) groups is 1. The van der Waals surface area contributed by atoms with Crippen molar-refractivity contribution in [3.05, 3.63) is 48.0 Å². The summed E-state index contributed by atoms with van der Waals surface area (Å²) in [5.74, 6) is -0.586. The number of aryl methyl sites for hydroxylation is 1. The number of carbonyl (C=O) groups excluding carboxylic acids is 1. The van der Waals surface area contributed by atoms with Gasteiger partial charge in [0.15, 0.2) is 0 Å². The van der Waals surface area contributed by atoms with E-state index in [4.69, 9.17) is 11.5 Å². The molecule has 3 aromatic rings. The number of amides is 1. The van der Waals surface area contributed by atoms with Gasteiger partial charge in [0, 0.05) is 29.2 Å². The van der Waals surface area contributed by atoms with Crippen LogP contribution in [0.2, 0.25) is 0 Å². The highest BCUT2D eigenvalue weighted by atomic mass is 16.1. The number of rotatable bonds is 2. The van der Waals surface area contributed by atoms with E-state index in [1.807, 2.05) is 31.3 Å². The molecule has 0 fully saturated rings. The first-order chi connectivity index (χ1) is 9.56. The average molecular weight is 267 g/mol. The minimum atomic E-state index is -0.586. The van der Waals surface area contributed by atoms with E-state index in [-0.39, 0.29) is 5.56 Å². The van der Waals surface area contributed by atoms with E-state index in [0.717, 1.165) is 16.8 Å². The number of nitrogens with two attached hydrogens (primary N) is 2. The molecule has 0 bridgehead atoms. The number of primary amides is 1. The lowest BCUT2D eigenvalue weighted by atomic mass is 10.1. The fraction of sp³-hybridized carbons (Fsp3) is 0.0714. The molecule has 0 aromatic carbocycles. The number of hydrogen-bond acceptors (Lipinski definition) is 4. The van der Waals surface area contributed by atoms with E-state index in [9.17, 15) is 4.79 Å². The number of pyridine rings is 1. The highest BCUT2D eigenvalue weighted by Crippen LogP contribution is 2.26. The number of hydrogen-bond donors (Lipinski definition) is 2. The number of nitrogens with zero attached hydrogens (tertiary/aromatic N) is 3. The van der Waals surface area contributed by atoms with Crippen molar-refractivity contribution in [2.45, 2.75) is 6.92 Å². The minimum absolute atomic E-state index is 0.226. The van der Waals surface area contributed by atoms with Crippen molar-refractivity contribution in [1.29, 1.82) is 0 Å². The van der Waals surface area contributed by atoms with Gasteiger partial charge in [-0.3, -0.25) is 9.78 Å². The van der Waals surface area contributed by atoms with E-state index < -0.39 is 5.91 Å². The van der Waals surface area contributed by atoms with Crippen LogP contribution in [0, 0.1) is 6.92 Å². The molecule has 0 atom stereocenters. The SMILES string of the molecule is Cc1ccc(-c2cc3c(N)c(C(N)=O)cnn3c2)cn1. The third-order valence-electron chi connectivity index (χ3n) is 3.19. The van der Waals surface area contributed by atoms with Crippen LogP contribution in [0.4, 0.5) is 5.69 Å². The fourth-order valence-electron chi connectivity index (χ4n) is 2.07. The molecule has 6 heteroatoms. The molecule has 0 radical (unpaired) electrons. The molecule has 20 heavy (non-hydrogen) atoms. The number of aromatic nitrogens is 3. The molecule has 0 spiro atoms. The van der Waals surface area contributed by atoms with Gasteiger partial charge in [0.25, 0.3) is 5.91 Å². The third kappa shape index (κ3) is 1.87. The quantitative estimate of drug-likeness (QED) is 0.732. The third-order valence-corrected chi connectivity index (χ3v) is 3.19. The van der Waals surface area contributed by atoms with Crippen molar-refractivity contribution in [2.24, 2.45) is 5.73 Å². The highest BCUT2D eigenvalue weighted by molar-refractivity contribution is 6.01. The predicted octanol–water partition coefficient (Wildman–Crippen LogP) is 1.39. The monoisotopic (exact) mass is 267 g/mol. The molecule has 0 aliphatic rings. The molecule has 0 saturated carbocycles. The van der Waals surface area contributed by atoms with Gasteiger partial charge in [-0.2, -0.15) is 5.10 Å². The van der Waals surface area contributed by atoms with E-state index in [1.54, 1.807) is 10.7 Å². The molecule has 3 rings (SSSR count). The lowest BCUT2D eigenvalue weighted by Gasteiger charge is -2.02. The Morgan fingerprint density at radius 2 is 2.05 bits per heavy atom. The Balaban J connectivity index is 2.18. The maximum atomic E-state index is 11.3. The fourth-order valence-corrected chi connectivity index (χ4v) is 2.07. The smallest absolute Gasteiger partial charge is 0.252 e. The Morgan fingerprint density at radius 3 is 2.70 bits per heavy atom. The highest BCUT2D eigenvalue weighted by Gasteiger charge is 2.12. The molecule has 6 nitrogen and oxygen atoms in total. The van der Waals surface area contributed by atoms with Crippen molar-refractivity contribution in [1.82, 2.24) is 14.6 Å². The number of fused-ring (bicyclic) bond motifs is 1. The first-order valence-corrected chi connectivity index (χ1v) is 6.06. The van der Waals surface area contributed by atoms with Crippen LogP contribution >= 0.6 is 0 Å². The Hall–Kier alpha value is -2.89. The molecule has 100 valence electrons. The molecule has 0 aliphatic heterocycles. The summed E-state index contributed by atoms with van der Waals surface area (Å²) in [7, 11) is 0. The topological polar surface area (TPSA) is 99.3 Å². The van der Waals surface area contributed by atoms with E-state index in [1.165, 1.54) is 6.20 Å². The van der Waals surface area contributed by atoms with Crippen molar-refractivity contribution >= 4 is 17.1 Å². The van der Waals surface area contributed by atoms with Crippen LogP contribution in [-0.2, 0) is 0 Å². The van der Waals surface area contributed by atoms with Gasteiger partial charge in [-0.05, 0) is 19.1 Å². The van der Waals surface area contributed by atoms with E-state index >= 15 is 0 Å². The Bertz CT molecular complexity index is 804. The second kappa shape index (κ2) is 4.34. The first-order valence-electron chi connectivity index (χ1n) is 6.06. The molecule has 1 amide bonds. The average Bonchev–Trinajstić information content (AvgIpc) is 2.84. The molecular weight excluding hydrogens is 254 g/mol. The molecule has 0 unspecified atom stereocenters. The van der Waals surface area contributed by atoms with Crippen LogP contribution in [0.25, 0.3) is 16.6 Å². The summed E-state index contributed by atoms with van der Waals surface area (Å²) >= 11 is 0. The van der Waals surface area contributed by atoms with Gasteiger partial charge in [-0.1, -0.05) is 6.07 Å². The lowest BCUT2D eigenvalue weighted by Crippen LogP contribution is -2.15. The van der Waals surface area contributed by atoms with Gasteiger partial charge in [0.05, 0.1) is 23.0 Å². The summed E-state index contributed by atoms with van der Waals surface area (Å²) in [6.07, 6.45) is 5.00. The molecule has 4 N–H and O–H groups in total. The Kier molecular flexibility index (Phi) is 2.64. The van der Waals surface area contributed by atoms with Crippen molar-refractivity contribution in [3.8, 4) is 11.1 Å². The second-order valence-corrected chi connectivity index (χ2v) is 4.58. The van der Waals surface area contributed by atoms with Gasteiger partial charge in [0.2, 0.25) is 0 Å². The molecule has 3 heterocycles. The van der Waals surface area contributed by atoms with E-state index in [0.29, 0.717) is 11.2 Å². The van der Waals surface area contributed by atoms with Gasteiger partial charge < -0.3 is 11.5 Å². The van der Waals surface area contributed by atoms with Crippen LogP contribution < -0.4 is 11.5 Å². The normalized spacial score (nSPS) is 10.8. The number of nitrogen functional groups attached to an aromatic ring is 1. The Morgan fingerprint density at radius 1 is 1.25 bits per heavy atom. The summed E-state index contributed by atoms with van der Waals surface area (Å²) in [4.78, 5) is 15.5. The van der Waals surface area contributed by atoms with Gasteiger partial charge >= 0.3 is 0 Å². The van der Waals surface area contributed by atoms with Gasteiger partial charge in [-0.25, -0.2) is 4.52 Å². The second-order valence-electron chi connectivity index (χ2n) is 4.58. The van der Waals surface area contributed by atoms with Crippen molar-refractivity contribution in [2.75, 3.05) is 5.73 Å². The summed E-state index contributed by atoms with van der Waals surface area (Å²) in [6.45, 7) is 1.93. The minimum Gasteiger partial charge on any atom is -0.396 e. The first kappa shape index (κ1) is 12.2. The van der Waals surface area contributed by atoms with Gasteiger partial charge in [0.1, 0.15) is 0 Å².